The first-order valence-corrected chi connectivity index (χ1v) is 7.20. The summed E-state index contributed by atoms with van der Waals surface area (Å²) in [6, 6.07) is 5.93. The smallest absolute Gasteiger partial charge is 0.177 e. The van der Waals surface area contributed by atoms with Gasteiger partial charge in [0.2, 0.25) is 0 Å². The molecule has 0 aromatic heterocycles. The molecule has 14 heavy (non-hydrogen) atoms. The fraction of sp³-hybridized carbons (Fsp3) is 0.300. The van der Waals surface area contributed by atoms with Gasteiger partial charge in [-0.05, 0) is 47.2 Å². The van der Waals surface area contributed by atoms with Gasteiger partial charge < -0.3 is 0 Å². The van der Waals surface area contributed by atoms with Crippen LogP contribution in [0.25, 0.3) is 0 Å². The van der Waals surface area contributed by atoms with Crippen LogP contribution in [0.4, 0.5) is 0 Å². The number of Topliss-reactive ketones (excluding diaryl/α,β-unsaturated/α-hetero) is 1. The van der Waals surface area contributed by atoms with Gasteiger partial charge in [-0.3, -0.25) is 4.79 Å². The average molecular weight is 432 g/mol. The summed E-state index contributed by atoms with van der Waals surface area (Å²) >= 11 is 8.85. The minimum atomic E-state index is -0.124. The number of hydrogen-bond acceptors (Lipinski definition) is 1. The molecule has 4 heteroatoms. The van der Waals surface area contributed by atoms with Crippen molar-refractivity contribution in [2.45, 2.75) is 17.1 Å². The number of ketones is 1. The average Bonchev–Trinajstić information content (AvgIpc) is 2.17. The van der Waals surface area contributed by atoms with Gasteiger partial charge in [-0.2, -0.15) is 0 Å². The maximum atomic E-state index is 11.8. The van der Waals surface area contributed by atoms with E-state index in [0.717, 1.165) is 20.0 Å². The van der Waals surface area contributed by atoms with Crippen molar-refractivity contribution in [1.29, 1.82) is 0 Å². The van der Waals surface area contributed by atoms with Crippen LogP contribution < -0.4 is 0 Å². The Labute approximate surface area is 114 Å². The number of halogens is 3. The summed E-state index contributed by atoms with van der Waals surface area (Å²) < 4.78 is 1.00. The fourth-order valence-corrected chi connectivity index (χ4v) is 2.26. The van der Waals surface area contributed by atoms with Crippen LogP contribution in [0.15, 0.2) is 18.2 Å². The number of carbonyl (C=O) groups is 1. The Hall–Kier alpha value is 0.580. The molecule has 0 saturated carbocycles. The minimum absolute atomic E-state index is 0.124. The van der Waals surface area contributed by atoms with E-state index >= 15 is 0 Å². The number of hydrogen-bond donors (Lipinski definition) is 0. The molecule has 0 N–H and O–H groups in total. The lowest BCUT2D eigenvalue weighted by Gasteiger charge is -2.07. The van der Waals surface area contributed by atoms with Crippen LogP contribution in [0.3, 0.4) is 0 Å². The van der Waals surface area contributed by atoms with Gasteiger partial charge in [0.15, 0.2) is 5.78 Å². The zero-order valence-corrected chi connectivity index (χ0v) is 12.9. The lowest BCUT2D eigenvalue weighted by atomic mass is 10.1. The predicted molar refractivity (Wildman–Crippen MR) is 74.5 cm³/mol. The zero-order valence-electron chi connectivity index (χ0n) is 7.56. The fourth-order valence-electron chi connectivity index (χ4n) is 1.06. The highest BCUT2D eigenvalue weighted by Gasteiger charge is 2.15. The molecule has 1 rings (SSSR count). The highest BCUT2D eigenvalue weighted by atomic mass is 127. The molecule has 0 aliphatic heterocycles. The normalized spacial score (nSPS) is 12.6. The van der Waals surface area contributed by atoms with Crippen LogP contribution in [0.1, 0.15) is 22.8 Å². The Morgan fingerprint density at radius 3 is 2.71 bits per heavy atom. The van der Waals surface area contributed by atoms with Crippen molar-refractivity contribution >= 4 is 60.2 Å². The Morgan fingerprint density at radius 1 is 1.57 bits per heavy atom. The van der Waals surface area contributed by atoms with Crippen molar-refractivity contribution in [3.63, 3.8) is 0 Å². The van der Waals surface area contributed by atoms with E-state index < -0.39 is 0 Å². The SMILES string of the molecule is CC(Br)C(=O)c1cc(CBr)ccc1I. The van der Waals surface area contributed by atoms with Gasteiger partial charge in [-0.15, -0.1) is 0 Å². The van der Waals surface area contributed by atoms with Crippen molar-refractivity contribution in [2.75, 3.05) is 0 Å². The summed E-state index contributed by atoms with van der Waals surface area (Å²) in [4.78, 5) is 11.6. The molecule has 1 nitrogen and oxygen atoms in total. The van der Waals surface area contributed by atoms with Gasteiger partial charge in [0.25, 0.3) is 0 Å². The van der Waals surface area contributed by atoms with E-state index in [1.807, 2.05) is 25.1 Å². The molecule has 0 aliphatic carbocycles. The second-order valence-corrected chi connectivity index (χ2v) is 6.02. The second-order valence-electron chi connectivity index (χ2n) is 2.93. The molecule has 1 unspecified atom stereocenters. The minimum Gasteiger partial charge on any atom is -0.293 e. The van der Waals surface area contributed by atoms with E-state index in [0.29, 0.717) is 0 Å². The highest BCUT2D eigenvalue weighted by molar-refractivity contribution is 14.1. The zero-order chi connectivity index (χ0) is 10.7. The molecular formula is C10H9Br2IO. The molecule has 76 valence electrons. The molecule has 0 bridgehead atoms. The molecular weight excluding hydrogens is 423 g/mol. The first-order valence-electron chi connectivity index (χ1n) is 4.09. The van der Waals surface area contributed by atoms with Crippen molar-refractivity contribution in [2.24, 2.45) is 0 Å². The molecule has 0 amide bonds. The van der Waals surface area contributed by atoms with Gasteiger partial charge in [-0.1, -0.05) is 37.9 Å². The Kier molecular flexibility index (Phi) is 5.06. The Morgan fingerprint density at radius 2 is 2.21 bits per heavy atom. The van der Waals surface area contributed by atoms with E-state index in [-0.39, 0.29) is 10.6 Å². The summed E-state index contributed by atoms with van der Waals surface area (Å²) in [5, 5.41) is 0.779. The Balaban J connectivity index is 3.12. The molecule has 0 spiro atoms. The molecule has 1 aromatic rings. The van der Waals surface area contributed by atoms with E-state index in [1.165, 1.54) is 0 Å². The van der Waals surface area contributed by atoms with Crippen LogP contribution in [0, 0.1) is 3.57 Å². The third-order valence-corrected chi connectivity index (χ3v) is 3.82. The number of alkyl halides is 2. The van der Waals surface area contributed by atoms with E-state index in [2.05, 4.69) is 54.5 Å². The summed E-state index contributed by atoms with van der Waals surface area (Å²) in [5.74, 6) is 0.136. The number of benzene rings is 1. The molecule has 1 aromatic carbocycles. The van der Waals surface area contributed by atoms with Crippen molar-refractivity contribution in [3.8, 4) is 0 Å². The predicted octanol–water partition coefficient (Wildman–Crippen LogP) is 4.15. The van der Waals surface area contributed by atoms with Crippen LogP contribution >= 0.6 is 54.5 Å². The summed E-state index contributed by atoms with van der Waals surface area (Å²) in [6.07, 6.45) is 0. The van der Waals surface area contributed by atoms with Crippen molar-refractivity contribution in [3.05, 3.63) is 32.9 Å². The quantitative estimate of drug-likeness (QED) is 0.399. The summed E-state index contributed by atoms with van der Waals surface area (Å²) in [5.41, 5.74) is 1.92. The van der Waals surface area contributed by atoms with Gasteiger partial charge in [0.1, 0.15) is 0 Å². The standard InChI is InChI=1S/C10H9Br2IO/c1-6(12)10(14)8-4-7(5-11)2-3-9(8)13/h2-4,6H,5H2,1H3. The van der Waals surface area contributed by atoms with Gasteiger partial charge in [0, 0.05) is 14.5 Å². The molecule has 0 saturated heterocycles. The Bertz CT molecular complexity index is 350. The van der Waals surface area contributed by atoms with E-state index in [4.69, 9.17) is 0 Å². The van der Waals surface area contributed by atoms with Crippen LogP contribution in [-0.2, 0) is 5.33 Å². The summed E-state index contributed by atoms with van der Waals surface area (Å²) in [7, 11) is 0. The van der Waals surface area contributed by atoms with Crippen LogP contribution in [0.2, 0.25) is 0 Å². The lowest BCUT2D eigenvalue weighted by Crippen LogP contribution is -2.11. The van der Waals surface area contributed by atoms with Gasteiger partial charge in [0.05, 0.1) is 4.83 Å². The third-order valence-electron chi connectivity index (χ3n) is 1.81. The van der Waals surface area contributed by atoms with Crippen molar-refractivity contribution in [1.82, 2.24) is 0 Å². The van der Waals surface area contributed by atoms with E-state index in [1.54, 1.807) is 0 Å². The summed E-state index contributed by atoms with van der Waals surface area (Å²) in [6.45, 7) is 1.85. The van der Waals surface area contributed by atoms with Crippen LogP contribution in [-0.4, -0.2) is 10.6 Å². The maximum Gasteiger partial charge on any atom is 0.177 e. The lowest BCUT2D eigenvalue weighted by molar-refractivity contribution is 0.0995. The molecule has 0 aliphatic rings. The maximum absolute atomic E-state index is 11.8. The monoisotopic (exact) mass is 430 g/mol. The van der Waals surface area contributed by atoms with Gasteiger partial charge >= 0.3 is 0 Å². The van der Waals surface area contributed by atoms with Crippen molar-refractivity contribution < 1.29 is 4.79 Å². The number of rotatable bonds is 3. The second kappa shape index (κ2) is 5.61. The van der Waals surface area contributed by atoms with Gasteiger partial charge in [-0.25, -0.2) is 0 Å². The molecule has 0 radical (unpaired) electrons. The third kappa shape index (κ3) is 3.03. The topological polar surface area (TPSA) is 17.1 Å². The molecule has 0 fully saturated rings. The first kappa shape index (κ1) is 12.6. The molecule has 0 heterocycles. The number of carbonyl (C=O) groups excluding carboxylic acids is 1. The van der Waals surface area contributed by atoms with E-state index in [9.17, 15) is 4.79 Å². The largest absolute Gasteiger partial charge is 0.293 e. The molecule has 1 atom stereocenters. The van der Waals surface area contributed by atoms with Crippen LogP contribution in [0.5, 0.6) is 0 Å². The highest BCUT2D eigenvalue weighted by Crippen LogP contribution is 2.19. The first-order chi connectivity index (χ1) is 6.56.